The summed E-state index contributed by atoms with van der Waals surface area (Å²) in [7, 11) is 0. The van der Waals surface area contributed by atoms with E-state index in [0.717, 1.165) is 18.4 Å². The Morgan fingerprint density at radius 1 is 1.27 bits per heavy atom. The summed E-state index contributed by atoms with van der Waals surface area (Å²) in [6, 6.07) is 8.07. The smallest absolute Gasteiger partial charge is 0.255 e. The number of anilines is 1. The van der Waals surface area contributed by atoms with Crippen molar-refractivity contribution >= 4 is 22.8 Å². The zero-order valence-corrected chi connectivity index (χ0v) is 15.2. The summed E-state index contributed by atoms with van der Waals surface area (Å²) in [6.07, 6.45) is 3.64. The van der Waals surface area contributed by atoms with Crippen LogP contribution in [0.2, 0.25) is 0 Å². The van der Waals surface area contributed by atoms with E-state index >= 15 is 0 Å². The molecule has 134 valence electrons. The zero-order chi connectivity index (χ0) is 18.3. The Balaban J connectivity index is 1.62. The van der Waals surface area contributed by atoms with Gasteiger partial charge in [0.05, 0.1) is 10.9 Å². The normalized spacial score (nSPS) is 15.0. The van der Waals surface area contributed by atoms with Gasteiger partial charge in [-0.1, -0.05) is 29.8 Å². The molecule has 0 atom stereocenters. The molecule has 0 radical (unpaired) electrons. The Morgan fingerprint density at radius 3 is 2.81 bits per heavy atom. The van der Waals surface area contributed by atoms with Gasteiger partial charge in [0.15, 0.2) is 0 Å². The fourth-order valence-corrected chi connectivity index (χ4v) is 3.00. The average molecular weight is 350 g/mol. The highest BCUT2D eigenvalue weighted by Gasteiger charge is 2.38. The molecule has 3 aromatic rings. The second-order valence-corrected chi connectivity index (χ2v) is 7.31. The zero-order valence-electron chi connectivity index (χ0n) is 15.2. The van der Waals surface area contributed by atoms with Crippen molar-refractivity contribution in [3.8, 4) is 0 Å². The van der Waals surface area contributed by atoms with E-state index in [1.54, 1.807) is 0 Å². The number of fused-ring (bicyclic) bond motifs is 1. The first-order chi connectivity index (χ1) is 12.4. The van der Waals surface area contributed by atoms with E-state index in [0.29, 0.717) is 34.9 Å². The molecule has 1 aliphatic rings. The van der Waals surface area contributed by atoms with E-state index < -0.39 is 0 Å². The van der Waals surface area contributed by atoms with E-state index in [1.807, 2.05) is 32.0 Å². The molecule has 2 heterocycles. The van der Waals surface area contributed by atoms with Crippen molar-refractivity contribution in [2.75, 3.05) is 5.32 Å². The summed E-state index contributed by atoms with van der Waals surface area (Å²) < 4.78 is 5.55. The molecular weight excluding hydrogens is 328 g/mol. The van der Waals surface area contributed by atoms with E-state index in [2.05, 4.69) is 33.6 Å². The highest BCUT2D eigenvalue weighted by atomic mass is 16.3. The van der Waals surface area contributed by atoms with Crippen molar-refractivity contribution in [3.63, 3.8) is 0 Å². The van der Waals surface area contributed by atoms with Crippen LogP contribution in [0.1, 0.15) is 47.1 Å². The molecule has 1 saturated carbocycles. The molecule has 6 heteroatoms. The lowest BCUT2D eigenvalue weighted by molar-refractivity contribution is 0.0951. The second-order valence-electron chi connectivity index (χ2n) is 7.31. The standard InChI is InChI=1S/C20H22N4O2/c1-12-5-4-6-14(9-12)10-21-18(25)15-11-26-19-16(15)17(22-13(2)23-19)24-20(3)7-8-20/h4-6,9,11H,7-8,10H2,1-3H3,(H,21,25)(H,22,23,24). The average Bonchev–Trinajstić information content (AvgIpc) is 3.15. The van der Waals surface area contributed by atoms with Crippen molar-refractivity contribution < 1.29 is 9.21 Å². The first-order valence-electron chi connectivity index (χ1n) is 8.81. The van der Waals surface area contributed by atoms with Gasteiger partial charge < -0.3 is 15.1 Å². The summed E-state index contributed by atoms with van der Waals surface area (Å²) in [4.78, 5) is 21.6. The Kier molecular flexibility index (Phi) is 3.90. The third kappa shape index (κ3) is 3.27. The molecule has 4 rings (SSSR count). The number of nitrogens with zero attached hydrogens (tertiary/aromatic N) is 2. The molecule has 0 unspecified atom stereocenters. The number of nitrogens with one attached hydrogen (secondary N) is 2. The minimum Gasteiger partial charge on any atom is -0.445 e. The van der Waals surface area contributed by atoms with Gasteiger partial charge in [0.25, 0.3) is 5.91 Å². The van der Waals surface area contributed by atoms with Gasteiger partial charge in [-0.15, -0.1) is 0 Å². The number of amides is 1. The fourth-order valence-electron chi connectivity index (χ4n) is 3.00. The molecule has 1 aromatic carbocycles. The number of carbonyl (C=O) groups excluding carboxylic acids is 1. The lowest BCUT2D eigenvalue weighted by Gasteiger charge is -2.14. The van der Waals surface area contributed by atoms with E-state index in [4.69, 9.17) is 4.42 Å². The highest BCUT2D eigenvalue weighted by Crippen LogP contribution is 2.39. The molecule has 0 aliphatic heterocycles. The largest absolute Gasteiger partial charge is 0.445 e. The van der Waals surface area contributed by atoms with Crippen molar-refractivity contribution in [2.24, 2.45) is 0 Å². The first kappa shape index (κ1) is 16.6. The van der Waals surface area contributed by atoms with E-state index in [-0.39, 0.29) is 11.4 Å². The van der Waals surface area contributed by atoms with Crippen LogP contribution in [0.4, 0.5) is 5.82 Å². The van der Waals surface area contributed by atoms with E-state index in [9.17, 15) is 4.79 Å². The quantitative estimate of drug-likeness (QED) is 0.733. The highest BCUT2D eigenvalue weighted by molar-refractivity contribution is 6.08. The predicted octanol–water partition coefficient (Wildman–Crippen LogP) is 3.73. The lowest BCUT2D eigenvalue weighted by atomic mass is 10.1. The first-order valence-corrected chi connectivity index (χ1v) is 8.81. The molecule has 0 spiro atoms. The number of benzene rings is 1. The third-order valence-corrected chi connectivity index (χ3v) is 4.75. The fraction of sp³-hybridized carbons (Fsp3) is 0.350. The summed E-state index contributed by atoms with van der Waals surface area (Å²) in [5.74, 6) is 1.09. The maximum absolute atomic E-state index is 12.7. The predicted molar refractivity (Wildman–Crippen MR) is 100 cm³/mol. The van der Waals surface area contributed by atoms with Crippen LogP contribution in [0.3, 0.4) is 0 Å². The lowest BCUT2D eigenvalue weighted by Crippen LogP contribution is -2.23. The van der Waals surface area contributed by atoms with E-state index in [1.165, 1.54) is 11.8 Å². The van der Waals surface area contributed by atoms with Gasteiger partial charge in [0.2, 0.25) is 5.71 Å². The van der Waals surface area contributed by atoms with Crippen molar-refractivity contribution in [1.82, 2.24) is 15.3 Å². The maximum Gasteiger partial charge on any atom is 0.255 e. The summed E-state index contributed by atoms with van der Waals surface area (Å²) in [6.45, 7) is 6.46. The molecule has 0 bridgehead atoms. The summed E-state index contributed by atoms with van der Waals surface area (Å²) >= 11 is 0. The van der Waals surface area contributed by atoms with Crippen molar-refractivity contribution in [3.05, 3.63) is 53.0 Å². The maximum atomic E-state index is 12.7. The molecule has 1 fully saturated rings. The van der Waals surface area contributed by atoms with Gasteiger partial charge in [-0.05, 0) is 39.2 Å². The molecule has 0 saturated heterocycles. The van der Waals surface area contributed by atoms with Crippen molar-refractivity contribution in [1.29, 1.82) is 0 Å². The van der Waals surface area contributed by atoms with Gasteiger partial charge in [-0.25, -0.2) is 4.98 Å². The summed E-state index contributed by atoms with van der Waals surface area (Å²) in [5, 5.41) is 7.05. The molecule has 2 N–H and O–H groups in total. The SMILES string of the molecule is Cc1cccc(CNC(=O)c2coc3nc(C)nc(NC4(C)CC4)c23)c1. The van der Waals surface area contributed by atoms with Crippen LogP contribution in [0, 0.1) is 13.8 Å². The van der Waals surface area contributed by atoms with Gasteiger partial charge in [0.1, 0.15) is 17.9 Å². The van der Waals surface area contributed by atoms with Crippen LogP contribution in [0.15, 0.2) is 34.9 Å². The third-order valence-electron chi connectivity index (χ3n) is 4.75. The molecule has 1 aliphatic carbocycles. The monoisotopic (exact) mass is 350 g/mol. The minimum atomic E-state index is -0.193. The van der Waals surface area contributed by atoms with Gasteiger partial charge in [-0.2, -0.15) is 4.98 Å². The van der Waals surface area contributed by atoms with Gasteiger partial charge >= 0.3 is 0 Å². The molecule has 2 aromatic heterocycles. The Bertz CT molecular complexity index is 989. The number of carbonyl (C=O) groups is 1. The van der Waals surface area contributed by atoms with Gasteiger partial charge in [-0.3, -0.25) is 4.79 Å². The number of furan rings is 1. The van der Waals surface area contributed by atoms with Gasteiger partial charge in [0, 0.05) is 12.1 Å². The molecule has 1 amide bonds. The topological polar surface area (TPSA) is 80.1 Å². The second kappa shape index (κ2) is 6.12. The number of aromatic nitrogens is 2. The molecule has 26 heavy (non-hydrogen) atoms. The number of aryl methyl sites for hydroxylation is 2. The Hall–Kier alpha value is -2.89. The van der Waals surface area contributed by atoms with Crippen molar-refractivity contribution in [2.45, 2.75) is 45.7 Å². The minimum absolute atomic E-state index is 0.0420. The van der Waals surface area contributed by atoms with Crippen LogP contribution >= 0.6 is 0 Å². The van der Waals surface area contributed by atoms with Crippen LogP contribution < -0.4 is 10.6 Å². The number of hydrogen-bond donors (Lipinski definition) is 2. The van der Waals surface area contributed by atoms with Crippen LogP contribution in [-0.4, -0.2) is 21.4 Å². The Morgan fingerprint density at radius 2 is 2.08 bits per heavy atom. The number of hydrogen-bond acceptors (Lipinski definition) is 5. The van der Waals surface area contributed by atoms with Crippen LogP contribution in [0.5, 0.6) is 0 Å². The van der Waals surface area contributed by atoms with Crippen LogP contribution in [0.25, 0.3) is 11.1 Å². The summed E-state index contributed by atoms with van der Waals surface area (Å²) in [5.41, 5.74) is 3.16. The van der Waals surface area contributed by atoms with Crippen LogP contribution in [-0.2, 0) is 6.54 Å². The number of rotatable bonds is 5. The Labute approximate surface area is 152 Å². The molecule has 6 nitrogen and oxygen atoms in total. The molecular formula is C20H22N4O2.